The fourth-order valence-corrected chi connectivity index (χ4v) is 9.58. The highest BCUT2D eigenvalue weighted by Crippen LogP contribution is 2.72. The van der Waals surface area contributed by atoms with Gasteiger partial charge in [0.15, 0.2) is 0 Å². The topological polar surface area (TPSA) is 52.6 Å². The highest BCUT2D eigenvalue weighted by Gasteiger charge is 2.72. The Bertz CT molecular complexity index is 667. The van der Waals surface area contributed by atoms with Crippen molar-refractivity contribution in [1.29, 1.82) is 0 Å². The summed E-state index contributed by atoms with van der Waals surface area (Å²) in [4.78, 5) is 23.2. The number of ether oxygens (including phenoxy) is 2. The van der Waals surface area contributed by atoms with E-state index in [1.807, 2.05) is 0 Å². The van der Waals surface area contributed by atoms with Gasteiger partial charge in [-0.3, -0.25) is 4.79 Å². The third kappa shape index (κ3) is 2.30. The van der Waals surface area contributed by atoms with Gasteiger partial charge < -0.3 is 14.3 Å². The number of esters is 1. The lowest BCUT2D eigenvalue weighted by molar-refractivity contribution is -0.154. The number of carbonyl (C=O) groups is 2. The second-order valence-electron chi connectivity index (χ2n) is 10.3. The van der Waals surface area contributed by atoms with Gasteiger partial charge in [-0.15, -0.1) is 0 Å². The third-order valence-electron chi connectivity index (χ3n) is 9.52. The molecule has 0 aromatic heterocycles. The number of hydrogen-bond acceptors (Lipinski definition) is 4. The Morgan fingerprint density at radius 2 is 2.00 bits per heavy atom. The molecule has 0 aromatic carbocycles. The maximum absolute atomic E-state index is 11.7. The van der Waals surface area contributed by atoms with E-state index in [1.54, 1.807) is 0 Å². The van der Waals surface area contributed by atoms with E-state index in [1.165, 1.54) is 32.5 Å². The van der Waals surface area contributed by atoms with E-state index in [0.717, 1.165) is 38.7 Å². The van der Waals surface area contributed by atoms with Crippen LogP contribution in [-0.4, -0.2) is 35.4 Å². The monoisotopic (exact) mass is 438 g/mol. The van der Waals surface area contributed by atoms with Crippen LogP contribution in [0, 0.1) is 34.5 Å². The van der Waals surface area contributed by atoms with Crippen molar-refractivity contribution in [3.8, 4) is 0 Å². The van der Waals surface area contributed by atoms with Crippen LogP contribution in [0.25, 0.3) is 0 Å². The normalized spacial score (nSPS) is 56.0. The molecule has 5 fully saturated rings. The number of carbonyl (C=O) groups excluding carboxylic acids is 2. The van der Waals surface area contributed by atoms with Crippen molar-refractivity contribution in [2.45, 2.75) is 81.7 Å². The van der Waals surface area contributed by atoms with Crippen molar-refractivity contribution in [2.24, 2.45) is 34.5 Å². The molecule has 0 aromatic rings. The van der Waals surface area contributed by atoms with Crippen molar-refractivity contribution in [3.05, 3.63) is 0 Å². The lowest BCUT2D eigenvalue weighted by atomic mass is 9.44. The lowest BCUT2D eigenvalue weighted by Crippen LogP contribution is -2.63. The molecule has 9 atom stereocenters. The standard InChI is InChI=1S/C22H31BrO4/c1-13(25)27-15-5-8-21-12-26-19(22(21,23)10-15)9-16-17-4-3-14(11-24)20(17,2)7-6-18(16)21/h11,14-19H,3-10,12H2,1-2H3/t14-,15+,16?,17?,18?,19-,20-,21+,22+/m1/s1. The fourth-order valence-electron chi connectivity index (χ4n) is 8.29. The number of aldehydes is 1. The van der Waals surface area contributed by atoms with Gasteiger partial charge in [0.1, 0.15) is 12.4 Å². The van der Waals surface area contributed by atoms with Gasteiger partial charge in [0, 0.05) is 24.7 Å². The Labute approximate surface area is 170 Å². The number of fused-ring (bicyclic) bond motifs is 3. The quantitative estimate of drug-likeness (QED) is 0.366. The van der Waals surface area contributed by atoms with Crippen LogP contribution in [0.3, 0.4) is 0 Å². The number of alkyl halides is 1. The van der Waals surface area contributed by atoms with Crippen molar-refractivity contribution < 1.29 is 19.1 Å². The molecule has 0 radical (unpaired) electrons. The molecule has 1 heterocycles. The van der Waals surface area contributed by atoms with Crippen molar-refractivity contribution in [1.82, 2.24) is 0 Å². The minimum absolute atomic E-state index is 0.00975. The molecule has 0 spiro atoms. The Balaban J connectivity index is 1.47. The molecular weight excluding hydrogens is 408 g/mol. The second-order valence-corrected chi connectivity index (χ2v) is 11.7. The minimum atomic E-state index is -0.173. The van der Waals surface area contributed by atoms with E-state index in [2.05, 4.69) is 22.9 Å². The van der Waals surface area contributed by atoms with Gasteiger partial charge in [0.2, 0.25) is 0 Å². The van der Waals surface area contributed by atoms with Crippen molar-refractivity contribution in [2.75, 3.05) is 6.61 Å². The summed E-state index contributed by atoms with van der Waals surface area (Å²) < 4.78 is 12.0. The molecule has 4 saturated carbocycles. The van der Waals surface area contributed by atoms with E-state index >= 15 is 0 Å². The molecule has 2 bridgehead atoms. The van der Waals surface area contributed by atoms with Crippen molar-refractivity contribution in [3.63, 3.8) is 0 Å². The summed E-state index contributed by atoms with van der Waals surface area (Å²) in [6.07, 6.45) is 10.1. The minimum Gasteiger partial charge on any atom is -0.463 e. The predicted molar refractivity (Wildman–Crippen MR) is 104 cm³/mol. The van der Waals surface area contributed by atoms with Gasteiger partial charge in [-0.25, -0.2) is 0 Å². The summed E-state index contributed by atoms with van der Waals surface area (Å²) in [5.41, 5.74) is 0.359. The number of halogens is 1. The fraction of sp³-hybridized carbons (Fsp3) is 0.909. The van der Waals surface area contributed by atoms with E-state index in [0.29, 0.717) is 17.8 Å². The molecule has 27 heavy (non-hydrogen) atoms. The van der Waals surface area contributed by atoms with Crippen LogP contribution in [0.5, 0.6) is 0 Å². The highest BCUT2D eigenvalue weighted by molar-refractivity contribution is 9.10. The zero-order valence-corrected chi connectivity index (χ0v) is 18.0. The average molecular weight is 439 g/mol. The van der Waals surface area contributed by atoms with Crippen LogP contribution in [0.1, 0.15) is 65.2 Å². The molecule has 4 nitrogen and oxygen atoms in total. The molecule has 5 aliphatic rings. The van der Waals surface area contributed by atoms with Crippen LogP contribution in [0.15, 0.2) is 0 Å². The van der Waals surface area contributed by atoms with Gasteiger partial charge in [-0.1, -0.05) is 22.9 Å². The first-order valence-corrected chi connectivity index (χ1v) is 11.6. The highest BCUT2D eigenvalue weighted by atomic mass is 79.9. The first-order chi connectivity index (χ1) is 12.8. The largest absolute Gasteiger partial charge is 0.463 e. The van der Waals surface area contributed by atoms with Gasteiger partial charge >= 0.3 is 5.97 Å². The molecule has 5 heteroatoms. The summed E-state index contributed by atoms with van der Waals surface area (Å²) in [5, 5.41) is 0. The molecule has 5 rings (SSSR count). The molecule has 150 valence electrons. The Morgan fingerprint density at radius 3 is 2.74 bits per heavy atom. The molecule has 4 aliphatic carbocycles. The third-order valence-corrected chi connectivity index (χ3v) is 11.1. The van der Waals surface area contributed by atoms with E-state index in [4.69, 9.17) is 9.47 Å². The van der Waals surface area contributed by atoms with E-state index in [-0.39, 0.29) is 39.2 Å². The zero-order chi connectivity index (χ0) is 19.0. The Hall–Kier alpha value is -0.420. The van der Waals surface area contributed by atoms with Crippen LogP contribution >= 0.6 is 15.9 Å². The summed E-state index contributed by atoms with van der Waals surface area (Å²) in [6.45, 7) is 4.74. The summed E-state index contributed by atoms with van der Waals surface area (Å²) in [6, 6.07) is 0. The van der Waals surface area contributed by atoms with E-state index < -0.39 is 0 Å². The van der Waals surface area contributed by atoms with Crippen molar-refractivity contribution >= 4 is 28.2 Å². The number of hydrogen-bond donors (Lipinski definition) is 0. The molecule has 1 saturated heterocycles. The zero-order valence-electron chi connectivity index (χ0n) is 16.4. The Kier molecular flexibility index (Phi) is 4.16. The van der Waals surface area contributed by atoms with Crippen LogP contribution in [0.2, 0.25) is 0 Å². The summed E-state index contributed by atoms with van der Waals surface area (Å²) in [7, 11) is 0. The molecular formula is C22H31BrO4. The van der Waals surface area contributed by atoms with Gasteiger partial charge in [0.05, 0.1) is 17.0 Å². The maximum atomic E-state index is 11.7. The molecule has 0 N–H and O–H groups in total. The Morgan fingerprint density at radius 1 is 1.19 bits per heavy atom. The van der Waals surface area contributed by atoms with Gasteiger partial charge in [-0.2, -0.15) is 0 Å². The van der Waals surface area contributed by atoms with Gasteiger partial charge in [0.25, 0.3) is 0 Å². The maximum Gasteiger partial charge on any atom is 0.302 e. The first kappa shape index (κ1) is 18.6. The van der Waals surface area contributed by atoms with Crippen LogP contribution < -0.4 is 0 Å². The van der Waals surface area contributed by atoms with Crippen LogP contribution in [-0.2, 0) is 19.1 Å². The molecule has 1 aliphatic heterocycles. The SMILES string of the molecule is CC(=O)O[C@H]1CC[C@]23CO[C@H](CC4C2CC[C@@]2(C)C4CC[C@@H]2C=O)[C@@]3(Br)C1. The van der Waals surface area contributed by atoms with Crippen LogP contribution in [0.4, 0.5) is 0 Å². The first-order valence-electron chi connectivity index (χ1n) is 10.8. The smallest absolute Gasteiger partial charge is 0.302 e. The number of rotatable bonds is 2. The predicted octanol–water partition coefficient (Wildman–Crippen LogP) is 4.28. The summed E-state index contributed by atoms with van der Waals surface area (Å²) in [5.74, 6) is 2.08. The second kappa shape index (κ2) is 6.04. The molecule has 3 unspecified atom stereocenters. The van der Waals surface area contributed by atoms with Gasteiger partial charge in [-0.05, 0) is 68.1 Å². The lowest BCUT2D eigenvalue weighted by Gasteiger charge is -2.62. The summed E-state index contributed by atoms with van der Waals surface area (Å²) >= 11 is 4.19. The van der Waals surface area contributed by atoms with E-state index in [9.17, 15) is 9.59 Å². The average Bonchev–Trinajstić information content (AvgIpc) is 3.03. The molecule has 0 amide bonds.